The van der Waals surface area contributed by atoms with Crippen LogP contribution < -0.4 is 0 Å². The summed E-state index contributed by atoms with van der Waals surface area (Å²) >= 11 is 11.2. The highest BCUT2D eigenvalue weighted by atomic mass is 35.5. The molecule has 0 heterocycles. The molecule has 0 aliphatic rings. The Hall–Kier alpha value is -1.45. The van der Waals surface area contributed by atoms with E-state index in [0.717, 1.165) is 6.07 Å². The molecule has 0 amide bonds. The van der Waals surface area contributed by atoms with Crippen LogP contribution in [0.1, 0.15) is 15.9 Å². The first kappa shape index (κ1) is 14.0. The Kier molecular flexibility index (Phi) is 4.17. The molecule has 19 heavy (non-hydrogen) atoms. The van der Waals surface area contributed by atoms with Gasteiger partial charge in [-0.2, -0.15) is 0 Å². The van der Waals surface area contributed by atoms with E-state index in [1.165, 1.54) is 30.3 Å². The lowest BCUT2D eigenvalue weighted by Crippen LogP contribution is -2.06. The summed E-state index contributed by atoms with van der Waals surface area (Å²) in [7, 11) is 0. The van der Waals surface area contributed by atoms with E-state index in [1.54, 1.807) is 0 Å². The Balaban J connectivity index is 2.23. The average molecular weight is 301 g/mol. The van der Waals surface area contributed by atoms with E-state index in [9.17, 15) is 13.6 Å². The number of hydrogen-bond donors (Lipinski definition) is 0. The minimum atomic E-state index is -0.675. The van der Waals surface area contributed by atoms with Crippen LogP contribution in [0.15, 0.2) is 36.4 Å². The molecule has 0 aliphatic carbocycles. The van der Waals surface area contributed by atoms with E-state index in [0.29, 0.717) is 5.56 Å². The zero-order chi connectivity index (χ0) is 14.0. The Morgan fingerprint density at radius 1 is 1.00 bits per heavy atom. The van der Waals surface area contributed by atoms with Crippen molar-refractivity contribution in [2.45, 2.75) is 6.42 Å². The van der Waals surface area contributed by atoms with Gasteiger partial charge in [-0.05, 0) is 35.9 Å². The monoisotopic (exact) mass is 300 g/mol. The average Bonchev–Trinajstić information content (AvgIpc) is 2.33. The Morgan fingerprint density at radius 2 is 1.74 bits per heavy atom. The van der Waals surface area contributed by atoms with Crippen molar-refractivity contribution in [3.05, 3.63) is 69.2 Å². The van der Waals surface area contributed by atoms with Crippen molar-refractivity contribution in [1.82, 2.24) is 0 Å². The van der Waals surface area contributed by atoms with E-state index in [4.69, 9.17) is 23.2 Å². The molecule has 1 nitrogen and oxygen atoms in total. The van der Waals surface area contributed by atoms with Gasteiger partial charge in [0.2, 0.25) is 0 Å². The maximum atomic E-state index is 13.6. The Bertz CT molecular complexity index is 641. The maximum Gasteiger partial charge on any atom is 0.170 e. The number of rotatable bonds is 3. The third-order valence-corrected chi connectivity index (χ3v) is 3.10. The lowest BCUT2D eigenvalue weighted by molar-refractivity contribution is 0.0989. The van der Waals surface area contributed by atoms with Crippen molar-refractivity contribution in [1.29, 1.82) is 0 Å². The fourth-order valence-electron chi connectivity index (χ4n) is 1.65. The molecule has 2 rings (SSSR count). The summed E-state index contributed by atoms with van der Waals surface area (Å²) in [5.41, 5.74) is 0.468. The van der Waals surface area contributed by atoms with Gasteiger partial charge in [0.15, 0.2) is 5.78 Å². The molecular formula is C14H8Cl2F2O. The predicted molar refractivity (Wildman–Crippen MR) is 70.9 cm³/mol. The van der Waals surface area contributed by atoms with Gasteiger partial charge in [-0.3, -0.25) is 4.79 Å². The number of ketones is 1. The second-order valence-corrected chi connectivity index (χ2v) is 4.82. The number of Topliss-reactive ketones (excluding diaryl/α,β-unsaturated/α-hetero) is 1. The van der Waals surface area contributed by atoms with Crippen LogP contribution in [-0.2, 0) is 6.42 Å². The molecule has 0 unspecified atom stereocenters. The molecule has 5 heteroatoms. The number of halogens is 4. The summed E-state index contributed by atoms with van der Waals surface area (Å²) in [4.78, 5) is 11.9. The summed E-state index contributed by atoms with van der Waals surface area (Å²) in [5, 5.41) is 0.153. The van der Waals surface area contributed by atoms with Crippen LogP contribution in [0.5, 0.6) is 0 Å². The molecule has 0 bridgehead atoms. The van der Waals surface area contributed by atoms with Gasteiger partial charge in [-0.25, -0.2) is 8.78 Å². The fourth-order valence-corrected chi connectivity index (χ4v) is 2.01. The lowest BCUT2D eigenvalue weighted by atomic mass is 10.0. The molecule has 0 aromatic heterocycles. The first-order chi connectivity index (χ1) is 8.97. The van der Waals surface area contributed by atoms with Crippen LogP contribution in [0.25, 0.3) is 0 Å². The van der Waals surface area contributed by atoms with E-state index in [2.05, 4.69) is 0 Å². The summed E-state index contributed by atoms with van der Waals surface area (Å²) in [6, 6.07) is 7.80. The van der Waals surface area contributed by atoms with E-state index in [1.807, 2.05) is 0 Å². The van der Waals surface area contributed by atoms with Gasteiger partial charge in [0.25, 0.3) is 0 Å². The quantitative estimate of drug-likeness (QED) is 0.751. The molecule has 2 aromatic rings. The van der Waals surface area contributed by atoms with Crippen molar-refractivity contribution in [3.63, 3.8) is 0 Å². The minimum absolute atomic E-state index is 0.0511. The smallest absolute Gasteiger partial charge is 0.170 e. The molecule has 2 aromatic carbocycles. The second-order valence-electron chi connectivity index (χ2n) is 3.97. The van der Waals surface area contributed by atoms with Crippen LogP contribution in [0.3, 0.4) is 0 Å². The molecule has 98 valence electrons. The zero-order valence-electron chi connectivity index (χ0n) is 9.59. The molecule has 0 spiro atoms. The highest BCUT2D eigenvalue weighted by Gasteiger charge is 2.13. The number of benzene rings is 2. The third kappa shape index (κ3) is 3.31. The number of carbonyl (C=O) groups excluding carboxylic acids is 1. The largest absolute Gasteiger partial charge is 0.294 e. The molecule has 0 radical (unpaired) electrons. The van der Waals surface area contributed by atoms with E-state index < -0.39 is 17.4 Å². The van der Waals surface area contributed by atoms with Gasteiger partial charge in [0, 0.05) is 11.4 Å². The molecule has 0 atom stereocenters. The van der Waals surface area contributed by atoms with E-state index in [-0.39, 0.29) is 22.0 Å². The maximum absolute atomic E-state index is 13.6. The first-order valence-corrected chi connectivity index (χ1v) is 6.15. The lowest BCUT2D eigenvalue weighted by Gasteiger charge is -2.04. The molecule has 0 N–H and O–H groups in total. The van der Waals surface area contributed by atoms with Crippen molar-refractivity contribution in [2.24, 2.45) is 0 Å². The fraction of sp³-hybridized carbons (Fsp3) is 0.0714. The van der Waals surface area contributed by atoms with Gasteiger partial charge >= 0.3 is 0 Å². The van der Waals surface area contributed by atoms with Crippen LogP contribution in [-0.4, -0.2) is 5.78 Å². The highest BCUT2D eigenvalue weighted by Crippen LogP contribution is 2.19. The Morgan fingerprint density at radius 3 is 2.37 bits per heavy atom. The SMILES string of the molecule is O=C(Cc1ccc(F)c(Cl)c1)c1ccc(Cl)cc1F. The van der Waals surface area contributed by atoms with Gasteiger partial charge in [0.05, 0.1) is 10.6 Å². The van der Waals surface area contributed by atoms with Gasteiger partial charge < -0.3 is 0 Å². The normalized spacial score (nSPS) is 10.5. The standard InChI is InChI=1S/C14H8Cl2F2O/c15-9-2-3-10(13(18)7-9)14(19)6-8-1-4-12(17)11(16)5-8/h1-5,7H,6H2. The summed E-state index contributed by atoms with van der Waals surface area (Å²) in [6.45, 7) is 0. The van der Waals surface area contributed by atoms with E-state index >= 15 is 0 Å². The summed E-state index contributed by atoms with van der Waals surface area (Å²) in [6.07, 6.45) is -0.0570. The van der Waals surface area contributed by atoms with Crippen molar-refractivity contribution < 1.29 is 13.6 Å². The molecule has 0 saturated heterocycles. The molecule has 0 aliphatic heterocycles. The molecule has 0 fully saturated rings. The highest BCUT2D eigenvalue weighted by molar-refractivity contribution is 6.31. The predicted octanol–water partition coefficient (Wildman–Crippen LogP) is 4.70. The number of carbonyl (C=O) groups is 1. The zero-order valence-corrected chi connectivity index (χ0v) is 11.1. The molecule has 0 saturated carbocycles. The van der Waals surface area contributed by atoms with Crippen LogP contribution in [0.2, 0.25) is 10.0 Å². The van der Waals surface area contributed by atoms with Crippen LogP contribution in [0.4, 0.5) is 8.78 Å². The Labute approximate surface area is 118 Å². The van der Waals surface area contributed by atoms with Gasteiger partial charge in [0.1, 0.15) is 11.6 Å². The summed E-state index contributed by atoms with van der Waals surface area (Å²) < 4.78 is 26.5. The molecular weight excluding hydrogens is 293 g/mol. The summed E-state index contributed by atoms with van der Waals surface area (Å²) in [5.74, 6) is -1.65. The second kappa shape index (κ2) is 5.68. The van der Waals surface area contributed by atoms with Crippen molar-refractivity contribution in [3.8, 4) is 0 Å². The van der Waals surface area contributed by atoms with Crippen LogP contribution >= 0.6 is 23.2 Å². The minimum Gasteiger partial charge on any atom is -0.294 e. The van der Waals surface area contributed by atoms with Gasteiger partial charge in [-0.1, -0.05) is 29.3 Å². The third-order valence-electron chi connectivity index (χ3n) is 2.58. The van der Waals surface area contributed by atoms with Crippen molar-refractivity contribution >= 4 is 29.0 Å². The van der Waals surface area contributed by atoms with Crippen LogP contribution in [0, 0.1) is 11.6 Å². The van der Waals surface area contributed by atoms with Gasteiger partial charge in [-0.15, -0.1) is 0 Å². The number of hydrogen-bond acceptors (Lipinski definition) is 1. The topological polar surface area (TPSA) is 17.1 Å². The first-order valence-electron chi connectivity index (χ1n) is 5.39. The van der Waals surface area contributed by atoms with Crippen molar-refractivity contribution in [2.75, 3.05) is 0 Å².